The number of oxime groups is 1. The second-order valence-corrected chi connectivity index (χ2v) is 4.77. The van der Waals surface area contributed by atoms with E-state index in [2.05, 4.69) is 26.1 Å². The summed E-state index contributed by atoms with van der Waals surface area (Å²) in [5.74, 6) is -0.605. The molecular weight excluding hydrogens is 312 g/mol. The Morgan fingerprint density at radius 2 is 2.32 bits per heavy atom. The highest BCUT2D eigenvalue weighted by Gasteiger charge is 2.17. The highest BCUT2D eigenvalue weighted by atomic mass is 79.9. The Hall–Kier alpha value is -1.82. The predicted octanol–water partition coefficient (Wildman–Crippen LogP) is 2.87. The lowest BCUT2D eigenvalue weighted by atomic mass is 10.1. The van der Waals surface area contributed by atoms with E-state index in [1.54, 1.807) is 13.1 Å². The van der Waals surface area contributed by atoms with Crippen molar-refractivity contribution in [1.29, 1.82) is 0 Å². The van der Waals surface area contributed by atoms with E-state index in [-0.39, 0.29) is 18.7 Å². The molecule has 5 nitrogen and oxygen atoms in total. The van der Waals surface area contributed by atoms with E-state index in [9.17, 15) is 4.79 Å². The number of benzene rings is 1. The summed E-state index contributed by atoms with van der Waals surface area (Å²) in [6.07, 6.45) is 2.00. The predicted molar refractivity (Wildman–Crippen MR) is 75.6 cm³/mol. The van der Waals surface area contributed by atoms with Gasteiger partial charge in [0.1, 0.15) is 0 Å². The fourth-order valence-electron chi connectivity index (χ4n) is 1.89. The molecule has 0 saturated carbocycles. The lowest BCUT2D eigenvalue weighted by molar-refractivity contribution is -0.135. The number of carbonyl (C=O) groups is 1. The molecule has 0 aliphatic rings. The van der Waals surface area contributed by atoms with Gasteiger partial charge >= 0.3 is 5.97 Å². The van der Waals surface area contributed by atoms with Crippen molar-refractivity contribution in [2.24, 2.45) is 5.16 Å². The number of aromatic nitrogens is 1. The summed E-state index contributed by atoms with van der Waals surface area (Å²) in [7, 11) is 0. The van der Waals surface area contributed by atoms with Crippen LogP contribution in [0.4, 0.5) is 0 Å². The molecule has 0 atom stereocenters. The lowest BCUT2D eigenvalue weighted by Gasteiger charge is -2.04. The molecular formula is C13H13BrN2O3. The molecule has 100 valence electrons. The van der Waals surface area contributed by atoms with Gasteiger partial charge in [0, 0.05) is 28.0 Å². The number of H-pyrrole nitrogens is 1. The van der Waals surface area contributed by atoms with Crippen LogP contribution in [0.5, 0.6) is 0 Å². The number of rotatable bonds is 4. The quantitative estimate of drug-likeness (QED) is 0.393. The maximum Gasteiger partial charge on any atom is 0.356 e. The van der Waals surface area contributed by atoms with E-state index in [0.29, 0.717) is 0 Å². The van der Waals surface area contributed by atoms with E-state index in [1.807, 2.05) is 18.2 Å². The summed E-state index contributed by atoms with van der Waals surface area (Å²) in [5.41, 5.74) is 1.80. The van der Waals surface area contributed by atoms with Crippen LogP contribution >= 0.6 is 15.9 Å². The SMILES string of the molecule is CCOC(=O)/C(Cc1c[nH]c2cccc(Br)c12)=N/O. The molecule has 2 N–H and O–H groups in total. The Morgan fingerprint density at radius 3 is 3.00 bits per heavy atom. The van der Waals surface area contributed by atoms with Crippen LogP contribution in [-0.2, 0) is 16.0 Å². The molecule has 19 heavy (non-hydrogen) atoms. The van der Waals surface area contributed by atoms with Crippen LogP contribution in [0.1, 0.15) is 12.5 Å². The summed E-state index contributed by atoms with van der Waals surface area (Å²) in [4.78, 5) is 14.7. The third-order valence-corrected chi connectivity index (χ3v) is 3.39. The molecule has 0 bridgehead atoms. The zero-order valence-electron chi connectivity index (χ0n) is 10.3. The van der Waals surface area contributed by atoms with Gasteiger partial charge in [0.2, 0.25) is 0 Å². The number of nitrogens with zero attached hydrogens (tertiary/aromatic N) is 1. The van der Waals surface area contributed by atoms with Gasteiger partial charge in [-0.15, -0.1) is 0 Å². The van der Waals surface area contributed by atoms with E-state index >= 15 is 0 Å². The first-order valence-electron chi connectivity index (χ1n) is 5.80. The van der Waals surface area contributed by atoms with Gasteiger partial charge in [-0.3, -0.25) is 0 Å². The second kappa shape index (κ2) is 5.88. The smallest absolute Gasteiger partial charge is 0.356 e. The molecule has 1 aromatic heterocycles. The first-order valence-corrected chi connectivity index (χ1v) is 6.59. The number of carbonyl (C=O) groups excluding carboxylic acids is 1. The number of ether oxygens (including phenoxy) is 1. The molecule has 0 radical (unpaired) electrons. The van der Waals surface area contributed by atoms with Gasteiger partial charge in [-0.1, -0.05) is 27.2 Å². The van der Waals surface area contributed by atoms with Crippen LogP contribution < -0.4 is 0 Å². The van der Waals surface area contributed by atoms with Gasteiger partial charge < -0.3 is 14.9 Å². The zero-order valence-corrected chi connectivity index (χ0v) is 11.9. The van der Waals surface area contributed by atoms with E-state index < -0.39 is 5.97 Å². The number of esters is 1. The standard InChI is InChI=1S/C13H13BrN2O3/c1-2-19-13(17)11(16-18)6-8-7-15-10-5-3-4-9(14)12(8)10/h3-5,7,15,18H,2,6H2,1H3/b16-11+. The van der Waals surface area contributed by atoms with Gasteiger partial charge in [0.15, 0.2) is 5.71 Å². The minimum atomic E-state index is -0.605. The van der Waals surface area contributed by atoms with Crippen LogP contribution in [0.2, 0.25) is 0 Å². The maximum atomic E-state index is 11.6. The zero-order chi connectivity index (χ0) is 13.8. The van der Waals surface area contributed by atoms with Crippen molar-refractivity contribution in [1.82, 2.24) is 4.98 Å². The largest absolute Gasteiger partial charge is 0.461 e. The second-order valence-electron chi connectivity index (χ2n) is 3.92. The van der Waals surface area contributed by atoms with Crippen LogP contribution in [0.3, 0.4) is 0 Å². The molecule has 0 spiro atoms. The number of aromatic amines is 1. The number of hydrogen-bond acceptors (Lipinski definition) is 4. The average molecular weight is 325 g/mol. The monoisotopic (exact) mass is 324 g/mol. The molecule has 6 heteroatoms. The number of fused-ring (bicyclic) bond motifs is 1. The fraction of sp³-hybridized carbons (Fsp3) is 0.231. The van der Waals surface area contributed by atoms with Crippen molar-refractivity contribution < 1.29 is 14.7 Å². The van der Waals surface area contributed by atoms with Crippen LogP contribution in [0.15, 0.2) is 34.0 Å². The summed E-state index contributed by atoms with van der Waals surface area (Å²) in [6.45, 7) is 1.95. The Kier molecular flexibility index (Phi) is 4.21. The first kappa shape index (κ1) is 13.6. The summed E-state index contributed by atoms with van der Waals surface area (Å²) in [5, 5.41) is 12.9. The van der Waals surface area contributed by atoms with E-state index in [4.69, 9.17) is 9.94 Å². The third-order valence-electron chi connectivity index (χ3n) is 2.73. The molecule has 0 saturated heterocycles. The van der Waals surface area contributed by atoms with Gasteiger partial charge in [-0.2, -0.15) is 0 Å². The van der Waals surface area contributed by atoms with Crippen LogP contribution in [-0.4, -0.2) is 28.5 Å². The van der Waals surface area contributed by atoms with Crippen molar-refractivity contribution in [3.63, 3.8) is 0 Å². The van der Waals surface area contributed by atoms with E-state index in [1.165, 1.54) is 0 Å². The molecule has 1 aromatic carbocycles. The van der Waals surface area contributed by atoms with Crippen LogP contribution in [0.25, 0.3) is 10.9 Å². The lowest BCUT2D eigenvalue weighted by Crippen LogP contribution is -2.19. The van der Waals surface area contributed by atoms with Gasteiger partial charge in [-0.25, -0.2) is 4.79 Å². The molecule has 0 aliphatic heterocycles. The minimum absolute atomic E-state index is 0.0153. The number of halogens is 1. The maximum absolute atomic E-state index is 11.6. The van der Waals surface area contributed by atoms with Gasteiger partial charge in [-0.05, 0) is 24.6 Å². The molecule has 2 rings (SSSR count). The number of hydrogen-bond donors (Lipinski definition) is 2. The molecule has 0 amide bonds. The Bertz CT molecular complexity index is 634. The number of nitrogens with one attached hydrogen (secondary N) is 1. The van der Waals surface area contributed by atoms with Crippen molar-refractivity contribution in [3.05, 3.63) is 34.4 Å². The highest BCUT2D eigenvalue weighted by molar-refractivity contribution is 9.10. The Labute approximate surface area is 118 Å². The molecule has 2 aromatic rings. The Balaban J connectivity index is 2.33. The minimum Gasteiger partial charge on any atom is -0.461 e. The summed E-state index contributed by atoms with van der Waals surface area (Å²) in [6, 6.07) is 5.77. The third kappa shape index (κ3) is 2.78. The van der Waals surface area contributed by atoms with Crippen molar-refractivity contribution in [2.75, 3.05) is 6.61 Å². The van der Waals surface area contributed by atoms with Gasteiger partial charge in [0.05, 0.1) is 6.61 Å². The van der Waals surface area contributed by atoms with Crippen molar-refractivity contribution in [3.8, 4) is 0 Å². The topological polar surface area (TPSA) is 74.7 Å². The fourth-order valence-corrected chi connectivity index (χ4v) is 2.51. The average Bonchev–Trinajstić information content (AvgIpc) is 2.80. The Morgan fingerprint density at radius 1 is 1.53 bits per heavy atom. The van der Waals surface area contributed by atoms with E-state index in [0.717, 1.165) is 20.9 Å². The van der Waals surface area contributed by atoms with Crippen molar-refractivity contribution in [2.45, 2.75) is 13.3 Å². The highest BCUT2D eigenvalue weighted by Crippen LogP contribution is 2.27. The first-order chi connectivity index (χ1) is 9.17. The summed E-state index contributed by atoms with van der Waals surface area (Å²) >= 11 is 3.47. The normalized spacial score (nSPS) is 11.8. The molecule has 0 fully saturated rings. The summed E-state index contributed by atoms with van der Waals surface area (Å²) < 4.78 is 5.75. The van der Waals surface area contributed by atoms with Gasteiger partial charge in [0.25, 0.3) is 0 Å². The molecule has 0 aliphatic carbocycles. The molecule has 1 heterocycles. The van der Waals surface area contributed by atoms with Crippen LogP contribution in [0, 0.1) is 0 Å². The molecule has 0 unspecified atom stereocenters. The van der Waals surface area contributed by atoms with Crippen molar-refractivity contribution >= 4 is 38.5 Å².